The molecule has 3 saturated carbocycles. The molecule has 5 aliphatic rings. The van der Waals surface area contributed by atoms with Gasteiger partial charge in [0.15, 0.2) is 6.19 Å². The molecule has 0 unspecified atom stereocenters. The molecule has 6 rings (SSSR count). The fourth-order valence-corrected chi connectivity index (χ4v) is 8.03. The summed E-state index contributed by atoms with van der Waals surface area (Å²) in [5, 5.41) is 33.1. The van der Waals surface area contributed by atoms with Crippen molar-refractivity contribution in [3.8, 4) is 6.19 Å². The van der Waals surface area contributed by atoms with Crippen molar-refractivity contribution in [3.63, 3.8) is 0 Å². The second-order valence-electron chi connectivity index (χ2n) is 12.0. The molecule has 5 fully saturated rings. The van der Waals surface area contributed by atoms with Crippen LogP contribution in [-0.2, 0) is 20.9 Å². The van der Waals surface area contributed by atoms with E-state index in [4.69, 9.17) is 4.74 Å². The minimum absolute atomic E-state index is 0.0557. The number of hydrogen-bond donors (Lipinski definition) is 2. The molecule has 0 aromatic carbocycles. The molecule has 39 heavy (non-hydrogen) atoms. The zero-order valence-corrected chi connectivity index (χ0v) is 22.6. The van der Waals surface area contributed by atoms with Gasteiger partial charge in [0.25, 0.3) is 0 Å². The van der Waals surface area contributed by atoms with Crippen molar-refractivity contribution in [2.45, 2.75) is 76.5 Å². The van der Waals surface area contributed by atoms with Crippen LogP contribution in [-0.4, -0.2) is 62.7 Å². The van der Waals surface area contributed by atoms with Crippen molar-refractivity contribution in [2.24, 2.45) is 22.2 Å². The van der Waals surface area contributed by atoms with Crippen molar-refractivity contribution < 1.29 is 19.4 Å². The van der Waals surface area contributed by atoms with E-state index >= 15 is 0 Å². The maximum atomic E-state index is 14.0. The normalized spacial score (nSPS) is 38.4. The number of carbonyl (C=O) groups is 2. The number of nitrogens with zero attached hydrogens (tertiary/aromatic N) is 5. The van der Waals surface area contributed by atoms with Crippen LogP contribution in [0, 0.1) is 33.6 Å². The standard InChI is InChI=1S/C29H36N6O4/c1-4-5-6-21-18(2)28(25(37)31-21,11-12-35-15-22(32-33-35)19-7-8-19)23-13-27-16-29(27,26(38)39-3)24(36)10-9-20(27)14-34(23)17-30/h4-6,15,19-20,23-24,36H,2,7-14,16H2,1,3H3,(H,31,37)/b5-4-,21-6+/t20-,23-,24-,27+,28-,29-/m0/s1. The number of aliphatic hydroxyl groups excluding tert-OH is 1. The molecule has 3 heterocycles. The number of hydrogen-bond acceptors (Lipinski definition) is 8. The predicted octanol–water partition coefficient (Wildman–Crippen LogP) is 2.55. The van der Waals surface area contributed by atoms with E-state index in [9.17, 15) is 20.0 Å². The third-order valence-corrected chi connectivity index (χ3v) is 10.4. The number of carbonyl (C=O) groups excluding carboxylic acids is 2. The van der Waals surface area contributed by atoms with E-state index in [-0.39, 0.29) is 11.8 Å². The lowest BCUT2D eigenvalue weighted by Crippen LogP contribution is -2.60. The number of likely N-dealkylation sites (tertiary alicyclic amines) is 1. The first-order valence-corrected chi connectivity index (χ1v) is 13.9. The van der Waals surface area contributed by atoms with E-state index in [1.165, 1.54) is 7.11 Å². The Hall–Kier alpha value is -3.45. The number of esters is 1. The van der Waals surface area contributed by atoms with Gasteiger partial charge < -0.3 is 20.1 Å². The number of rotatable bonds is 7. The van der Waals surface area contributed by atoms with Crippen LogP contribution < -0.4 is 5.32 Å². The van der Waals surface area contributed by atoms with Crippen LogP contribution in [0.25, 0.3) is 0 Å². The van der Waals surface area contributed by atoms with Crippen LogP contribution in [0.5, 0.6) is 0 Å². The van der Waals surface area contributed by atoms with Gasteiger partial charge in [0, 0.05) is 30.9 Å². The summed E-state index contributed by atoms with van der Waals surface area (Å²) in [5.41, 5.74) is -0.396. The van der Waals surface area contributed by atoms with Gasteiger partial charge in [0.2, 0.25) is 5.91 Å². The van der Waals surface area contributed by atoms with Gasteiger partial charge in [0.1, 0.15) is 5.41 Å². The summed E-state index contributed by atoms with van der Waals surface area (Å²) in [5.74, 6) is -0.0708. The van der Waals surface area contributed by atoms with Crippen LogP contribution in [0.1, 0.15) is 63.5 Å². The van der Waals surface area contributed by atoms with Gasteiger partial charge >= 0.3 is 5.97 Å². The zero-order valence-electron chi connectivity index (χ0n) is 22.6. The van der Waals surface area contributed by atoms with Gasteiger partial charge in [-0.15, -0.1) is 5.10 Å². The second kappa shape index (κ2) is 9.05. The highest BCUT2D eigenvalue weighted by Crippen LogP contribution is 2.78. The van der Waals surface area contributed by atoms with E-state index in [2.05, 4.69) is 28.4 Å². The fraction of sp³-hybridized carbons (Fsp3) is 0.621. The smallest absolute Gasteiger partial charge is 0.315 e. The molecule has 206 valence electrons. The number of allylic oxidation sites excluding steroid dienone is 4. The number of nitriles is 1. The highest BCUT2D eigenvalue weighted by molar-refractivity contribution is 5.94. The summed E-state index contributed by atoms with van der Waals surface area (Å²) < 4.78 is 7.00. The Labute approximate surface area is 228 Å². The average molecular weight is 533 g/mol. The molecule has 2 saturated heterocycles. The van der Waals surface area contributed by atoms with E-state index < -0.39 is 34.4 Å². The molecular weight excluding hydrogens is 496 g/mol. The summed E-state index contributed by atoms with van der Waals surface area (Å²) in [7, 11) is 1.36. The Morgan fingerprint density at radius 1 is 1.38 bits per heavy atom. The predicted molar refractivity (Wildman–Crippen MR) is 140 cm³/mol. The largest absolute Gasteiger partial charge is 0.468 e. The molecule has 6 atom stereocenters. The molecule has 3 aliphatic carbocycles. The topological polar surface area (TPSA) is 133 Å². The summed E-state index contributed by atoms with van der Waals surface area (Å²) >= 11 is 0. The van der Waals surface area contributed by atoms with Gasteiger partial charge in [-0.1, -0.05) is 23.9 Å². The van der Waals surface area contributed by atoms with E-state index in [0.717, 1.165) is 25.0 Å². The molecular formula is C29H36N6O4. The first-order chi connectivity index (χ1) is 18.8. The third kappa shape index (κ3) is 3.55. The number of aryl methyl sites for hydroxylation is 1. The number of methoxy groups -OCH3 is 1. The molecule has 1 spiro atoms. The molecule has 1 amide bonds. The molecule has 2 aliphatic heterocycles. The van der Waals surface area contributed by atoms with E-state index in [0.29, 0.717) is 56.0 Å². The third-order valence-electron chi connectivity index (χ3n) is 10.4. The summed E-state index contributed by atoms with van der Waals surface area (Å²) in [6, 6.07) is -0.536. The van der Waals surface area contributed by atoms with Crippen LogP contribution >= 0.6 is 0 Å². The maximum Gasteiger partial charge on any atom is 0.315 e. The minimum Gasteiger partial charge on any atom is -0.468 e. The van der Waals surface area contributed by atoms with Gasteiger partial charge in [0.05, 0.1) is 30.4 Å². The first kappa shape index (κ1) is 25.8. The average Bonchev–Trinajstić information content (AvgIpc) is 3.84. The maximum absolute atomic E-state index is 14.0. The van der Waals surface area contributed by atoms with Crippen molar-refractivity contribution in [2.75, 3.05) is 13.7 Å². The monoisotopic (exact) mass is 532 g/mol. The number of nitrogens with one attached hydrogen (secondary N) is 1. The van der Waals surface area contributed by atoms with Crippen LogP contribution in [0.4, 0.5) is 0 Å². The Bertz CT molecular complexity index is 1320. The molecule has 1 aromatic heterocycles. The number of aromatic nitrogens is 3. The quantitative estimate of drug-likeness (QED) is 0.404. The first-order valence-electron chi connectivity index (χ1n) is 13.9. The van der Waals surface area contributed by atoms with Crippen LogP contribution in [0.3, 0.4) is 0 Å². The minimum atomic E-state index is -1.12. The van der Waals surface area contributed by atoms with E-state index in [1.807, 2.05) is 31.3 Å². The molecule has 1 aromatic rings. The zero-order chi connectivity index (χ0) is 27.6. The fourth-order valence-electron chi connectivity index (χ4n) is 8.03. The highest BCUT2D eigenvalue weighted by atomic mass is 16.5. The highest BCUT2D eigenvalue weighted by Gasteiger charge is 2.81. The lowest BCUT2D eigenvalue weighted by Gasteiger charge is -2.52. The molecule has 10 heteroatoms. The van der Waals surface area contributed by atoms with Gasteiger partial charge in [-0.25, -0.2) is 0 Å². The Balaban J connectivity index is 1.40. The molecule has 2 N–H and O–H groups in total. The number of ether oxygens (including phenoxy) is 1. The SMILES string of the molecule is C=C1/C(=C\C=C/C)NC(=O)[C@]1(CCn1cc(C2CC2)nn1)[C@@H]1C[C@]23C[C@@]2(C(=O)OC)[C@@H](O)CC[C@H]3CN1C#N. The lowest BCUT2D eigenvalue weighted by molar-refractivity contribution is -0.161. The van der Waals surface area contributed by atoms with Crippen molar-refractivity contribution in [1.82, 2.24) is 25.2 Å². The number of aliphatic hydroxyl groups is 1. The Morgan fingerprint density at radius 2 is 2.18 bits per heavy atom. The van der Waals surface area contributed by atoms with Crippen LogP contribution in [0.2, 0.25) is 0 Å². The van der Waals surface area contributed by atoms with Crippen molar-refractivity contribution >= 4 is 11.9 Å². The summed E-state index contributed by atoms with van der Waals surface area (Å²) in [4.78, 5) is 28.9. The summed E-state index contributed by atoms with van der Waals surface area (Å²) in [6.07, 6.45) is 13.9. The van der Waals surface area contributed by atoms with Crippen LogP contribution in [0.15, 0.2) is 42.3 Å². The second-order valence-corrected chi connectivity index (χ2v) is 12.0. The Kier molecular flexibility index (Phi) is 5.99. The van der Waals surface area contributed by atoms with Gasteiger partial charge in [-0.3, -0.25) is 14.3 Å². The number of amides is 1. The van der Waals surface area contributed by atoms with Crippen molar-refractivity contribution in [3.05, 3.63) is 48.0 Å². The molecule has 10 nitrogen and oxygen atoms in total. The van der Waals surface area contributed by atoms with Gasteiger partial charge in [-0.05, 0) is 74.9 Å². The molecule has 0 radical (unpaired) electrons. The molecule has 0 bridgehead atoms. The number of piperidine rings is 1. The van der Waals surface area contributed by atoms with Crippen molar-refractivity contribution in [1.29, 1.82) is 5.26 Å². The van der Waals surface area contributed by atoms with E-state index in [1.54, 1.807) is 9.58 Å². The summed E-state index contributed by atoms with van der Waals surface area (Å²) in [6.45, 7) is 7.17. The lowest BCUT2D eigenvalue weighted by atomic mass is 9.60. The Morgan fingerprint density at radius 3 is 2.87 bits per heavy atom. The van der Waals surface area contributed by atoms with Gasteiger partial charge in [-0.2, -0.15) is 5.26 Å².